The summed E-state index contributed by atoms with van der Waals surface area (Å²) in [5.74, 6) is -9.04. The number of phenols is 3. The molecule has 5 rings (SSSR count). The maximum Gasteiger partial charge on any atom is 0.312 e. The van der Waals surface area contributed by atoms with Crippen molar-refractivity contribution in [1.29, 1.82) is 0 Å². The molecular formula is C37H47NNaO12. The van der Waals surface area contributed by atoms with Crippen LogP contribution in [0.2, 0.25) is 0 Å². The second-order valence-electron chi connectivity index (χ2n) is 13.4. The van der Waals surface area contributed by atoms with Crippen molar-refractivity contribution < 1.29 is 58.9 Å². The molecular weight excluding hydrogens is 673 g/mol. The normalized spacial score (nSPS) is 30.3. The van der Waals surface area contributed by atoms with Gasteiger partial charge in [0, 0.05) is 78.0 Å². The van der Waals surface area contributed by atoms with Crippen LogP contribution in [0.1, 0.15) is 57.5 Å². The van der Waals surface area contributed by atoms with Crippen LogP contribution in [0, 0.1) is 36.5 Å². The zero-order valence-corrected chi connectivity index (χ0v) is 32.7. The summed E-state index contributed by atoms with van der Waals surface area (Å²) in [5, 5.41) is 58.2. The average molecular weight is 721 g/mol. The Morgan fingerprint density at radius 3 is 2.18 bits per heavy atom. The fourth-order valence-corrected chi connectivity index (χ4v) is 6.84. The zero-order valence-electron chi connectivity index (χ0n) is 30.7. The summed E-state index contributed by atoms with van der Waals surface area (Å²) >= 11 is 0. The Morgan fingerprint density at radius 1 is 0.922 bits per heavy atom. The molecule has 0 saturated carbocycles. The van der Waals surface area contributed by atoms with Crippen LogP contribution in [0.25, 0.3) is 10.8 Å². The number of fused-ring (bicyclic) bond motifs is 14. The van der Waals surface area contributed by atoms with Crippen LogP contribution in [-0.2, 0) is 23.8 Å². The molecule has 0 spiro atoms. The van der Waals surface area contributed by atoms with Gasteiger partial charge in [-0.15, -0.1) is 0 Å². The van der Waals surface area contributed by atoms with Crippen molar-refractivity contribution in [2.75, 3.05) is 19.5 Å². The van der Waals surface area contributed by atoms with Gasteiger partial charge in [0.1, 0.15) is 17.2 Å². The number of hydrogen-bond acceptors (Lipinski definition) is 12. The Kier molecular flexibility index (Phi) is 13.4. The number of aliphatic hydroxyl groups excluding tert-OH is 2. The number of ether oxygens (including phenoxy) is 4. The third-order valence-electron chi connectivity index (χ3n) is 10.1. The van der Waals surface area contributed by atoms with Gasteiger partial charge in [-0.3, -0.25) is 14.4 Å². The van der Waals surface area contributed by atoms with Crippen molar-refractivity contribution >= 4 is 63.7 Å². The fraction of sp³-hybridized carbons (Fsp3) is 0.486. The quantitative estimate of drug-likeness (QED) is 0.112. The molecule has 13 nitrogen and oxygen atoms in total. The van der Waals surface area contributed by atoms with Gasteiger partial charge in [0.2, 0.25) is 0 Å². The first kappa shape index (κ1) is 41.8. The molecule has 9 unspecified atom stereocenters. The summed E-state index contributed by atoms with van der Waals surface area (Å²) in [4.78, 5) is 40.2. The molecule has 0 fully saturated rings. The van der Waals surface area contributed by atoms with Crippen molar-refractivity contribution in [3.63, 3.8) is 0 Å². The number of nitrogens with one attached hydrogen (secondary N) is 1. The van der Waals surface area contributed by atoms with E-state index in [-0.39, 0.29) is 68.5 Å². The number of carbonyl (C=O) groups excluding carboxylic acids is 3. The number of hydrogen-bond donors (Lipinski definition) is 6. The van der Waals surface area contributed by atoms with E-state index in [9.17, 15) is 39.9 Å². The number of carbonyl (C=O) groups is 3. The van der Waals surface area contributed by atoms with Gasteiger partial charge in [-0.1, -0.05) is 45.9 Å². The van der Waals surface area contributed by atoms with Crippen LogP contribution in [0.4, 0.5) is 5.69 Å². The van der Waals surface area contributed by atoms with E-state index in [1.165, 1.54) is 53.4 Å². The standard InChI is InChI=1S/C37H47NO12.Na/c1-16-11-10-12-17(2)35(45)38-22-15-23(39)26-27(32(22)43)31(42)21(6)33-28(26)34(44)37(7,50-33)49-14-13-24(47-8)18(3)25(36(46)48-9)19(4)30(41)20(5)29(16)40;/h10-16,18-20,24-25,29-30,39-43H,1-9H3,(H,38,45);. The number of ketones is 1. The second kappa shape index (κ2) is 16.4. The van der Waals surface area contributed by atoms with Crippen LogP contribution in [0.3, 0.4) is 0 Å². The van der Waals surface area contributed by atoms with Gasteiger partial charge in [-0.05, 0) is 31.8 Å². The number of amides is 1. The monoisotopic (exact) mass is 720 g/mol. The minimum Gasteiger partial charge on any atom is -0.507 e. The number of anilines is 1. The third-order valence-corrected chi connectivity index (χ3v) is 10.1. The van der Waals surface area contributed by atoms with Gasteiger partial charge >= 0.3 is 11.8 Å². The average Bonchev–Trinajstić information content (AvgIpc) is 3.34. The Morgan fingerprint density at radius 2 is 1.57 bits per heavy atom. The van der Waals surface area contributed by atoms with Crippen molar-refractivity contribution in [2.24, 2.45) is 29.6 Å². The van der Waals surface area contributed by atoms with E-state index in [0.29, 0.717) is 0 Å². The van der Waals surface area contributed by atoms with Crippen LogP contribution in [0.15, 0.2) is 42.2 Å². The first-order chi connectivity index (χ1) is 23.4. The molecule has 51 heavy (non-hydrogen) atoms. The summed E-state index contributed by atoms with van der Waals surface area (Å²) < 4.78 is 22.6. The smallest absolute Gasteiger partial charge is 0.312 e. The van der Waals surface area contributed by atoms with E-state index in [0.717, 1.165) is 6.07 Å². The summed E-state index contributed by atoms with van der Waals surface area (Å²) in [6.07, 6.45) is 4.39. The van der Waals surface area contributed by atoms with Crippen LogP contribution in [-0.4, -0.2) is 111 Å². The molecule has 2 aromatic rings. The summed E-state index contributed by atoms with van der Waals surface area (Å²) in [6.45, 7) is 11.2. The molecule has 9 atom stereocenters. The number of rotatable bonds is 2. The first-order valence-corrected chi connectivity index (χ1v) is 16.4. The Labute approximate surface area is 319 Å². The van der Waals surface area contributed by atoms with Gasteiger partial charge < -0.3 is 49.8 Å². The summed E-state index contributed by atoms with van der Waals surface area (Å²) in [6, 6.07) is 1.06. The minimum atomic E-state index is -1.99. The predicted molar refractivity (Wildman–Crippen MR) is 190 cm³/mol. The molecule has 3 aliphatic heterocycles. The van der Waals surface area contributed by atoms with E-state index in [1.807, 2.05) is 0 Å². The van der Waals surface area contributed by atoms with Gasteiger partial charge in [-0.25, -0.2) is 0 Å². The molecule has 5 bridgehead atoms. The van der Waals surface area contributed by atoms with E-state index < -0.39 is 88.6 Å². The fourth-order valence-electron chi connectivity index (χ4n) is 6.84. The molecule has 273 valence electrons. The molecule has 0 aromatic heterocycles. The molecule has 6 N–H and O–H groups in total. The number of allylic oxidation sites excluding steroid dienone is 2. The number of benzene rings is 2. The molecule has 3 heterocycles. The molecule has 14 heteroatoms. The van der Waals surface area contributed by atoms with E-state index >= 15 is 0 Å². The van der Waals surface area contributed by atoms with Crippen LogP contribution >= 0.6 is 0 Å². The number of Topliss-reactive ketones (excluding diaryl/α,β-unsaturated/α-hetero) is 1. The second-order valence-corrected chi connectivity index (χ2v) is 13.4. The summed E-state index contributed by atoms with van der Waals surface area (Å²) in [5.41, 5.74) is -0.105. The Hall–Kier alpha value is -3.59. The van der Waals surface area contributed by atoms with Crippen LogP contribution in [0.5, 0.6) is 23.0 Å². The number of aromatic hydroxyl groups is 3. The van der Waals surface area contributed by atoms with Crippen molar-refractivity contribution in [3.05, 3.63) is 53.3 Å². The molecule has 1 radical (unpaired) electrons. The maximum atomic E-state index is 13.9. The Balaban J connectivity index is 0.00000702. The van der Waals surface area contributed by atoms with Gasteiger partial charge in [0.05, 0.1) is 54.2 Å². The number of esters is 1. The van der Waals surface area contributed by atoms with Gasteiger partial charge in [-0.2, -0.15) is 0 Å². The first-order valence-electron chi connectivity index (χ1n) is 16.4. The topological polar surface area (TPSA) is 201 Å². The molecule has 3 aliphatic rings. The number of phenolic OH excluding ortho intramolecular Hbond substituents is 3. The maximum absolute atomic E-state index is 13.9. The largest absolute Gasteiger partial charge is 0.507 e. The molecule has 0 saturated heterocycles. The van der Waals surface area contributed by atoms with Gasteiger partial charge in [0.25, 0.3) is 11.7 Å². The molecule has 2 aromatic carbocycles. The van der Waals surface area contributed by atoms with Gasteiger partial charge in [0.15, 0.2) is 5.75 Å². The summed E-state index contributed by atoms with van der Waals surface area (Å²) in [7, 11) is 2.66. The van der Waals surface area contributed by atoms with Crippen molar-refractivity contribution in [3.8, 4) is 23.0 Å². The van der Waals surface area contributed by atoms with E-state index in [1.54, 1.807) is 39.8 Å². The van der Waals surface area contributed by atoms with E-state index in [4.69, 9.17) is 18.9 Å². The number of methoxy groups -OCH3 is 2. The third kappa shape index (κ3) is 7.79. The number of aliphatic hydroxyl groups is 2. The zero-order chi connectivity index (χ0) is 37.4. The van der Waals surface area contributed by atoms with Crippen LogP contribution < -0.4 is 10.1 Å². The SMILES string of the molecule is COC(=O)C1C(C)C(OC)C=COC2(C)Oc3c(C)c(O)c4c(O)c(cc(O)c4c3C2=O)NC(=O)C(C)=CC=CC(C)C(O)C(C)C(O)C1C.[Na]. The molecule has 1 amide bonds. The molecule has 0 aliphatic carbocycles. The van der Waals surface area contributed by atoms with E-state index in [2.05, 4.69) is 5.32 Å². The van der Waals surface area contributed by atoms with Crippen molar-refractivity contribution in [1.82, 2.24) is 0 Å². The predicted octanol–water partition coefficient (Wildman–Crippen LogP) is 4.23. The minimum absolute atomic E-state index is 0. The Bertz CT molecular complexity index is 1770. The van der Waals surface area contributed by atoms with Crippen molar-refractivity contribution in [2.45, 2.75) is 72.6 Å².